The summed E-state index contributed by atoms with van der Waals surface area (Å²) in [4.78, 5) is 59.8. The van der Waals surface area contributed by atoms with Gasteiger partial charge in [0.05, 0.1) is 18.2 Å². The Balaban J connectivity index is 1.49. The van der Waals surface area contributed by atoms with Crippen molar-refractivity contribution in [2.75, 3.05) is 31.5 Å². The maximum atomic E-state index is 13.7. The summed E-state index contributed by atoms with van der Waals surface area (Å²) in [6, 6.07) is 13.7. The lowest BCUT2D eigenvalue weighted by Crippen LogP contribution is -2.45. The predicted molar refractivity (Wildman–Crippen MR) is 159 cm³/mol. The van der Waals surface area contributed by atoms with Gasteiger partial charge in [0.15, 0.2) is 11.7 Å². The molecule has 2 N–H and O–H groups in total. The maximum absolute atomic E-state index is 13.7. The summed E-state index contributed by atoms with van der Waals surface area (Å²) >= 11 is 0. The van der Waals surface area contributed by atoms with Crippen LogP contribution < -0.4 is 5.32 Å². The van der Waals surface area contributed by atoms with Crippen LogP contribution in [0.5, 0.6) is 0 Å². The number of aryl methyl sites for hydroxylation is 1. The molecule has 2 atom stereocenters. The molecule has 43 heavy (non-hydrogen) atoms. The molecule has 2 aliphatic rings. The summed E-state index contributed by atoms with van der Waals surface area (Å²) in [6.45, 7) is 3.59. The van der Waals surface area contributed by atoms with Gasteiger partial charge in [-0.25, -0.2) is 4.79 Å². The van der Waals surface area contributed by atoms with E-state index in [4.69, 9.17) is 9.41 Å². The van der Waals surface area contributed by atoms with Crippen molar-refractivity contribution in [3.05, 3.63) is 65.4 Å². The maximum Gasteiger partial charge on any atom is 0.335 e. The number of nitrogens with one attached hydrogen (secondary N) is 1. The van der Waals surface area contributed by atoms with Crippen LogP contribution in [0.1, 0.15) is 58.6 Å². The molecule has 11 nitrogen and oxygen atoms in total. The van der Waals surface area contributed by atoms with Crippen LogP contribution in [-0.4, -0.2) is 76.5 Å². The van der Waals surface area contributed by atoms with Gasteiger partial charge in [0.25, 0.3) is 0 Å². The van der Waals surface area contributed by atoms with Gasteiger partial charge in [-0.15, -0.1) is 0 Å². The van der Waals surface area contributed by atoms with E-state index in [2.05, 4.69) is 5.32 Å². The smallest absolute Gasteiger partial charge is 0.335 e. The highest BCUT2D eigenvalue weighted by Crippen LogP contribution is 2.25. The summed E-state index contributed by atoms with van der Waals surface area (Å²) in [5.41, 5.74) is 1.14. The molecule has 3 aromatic rings. The molecule has 2 amide bonds. The van der Waals surface area contributed by atoms with Crippen LogP contribution in [0, 0.1) is 24.2 Å². The number of aromatic carboxylic acids is 1. The van der Waals surface area contributed by atoms with Crippen LogP contribution in [0.2, 0.25) is 0 Å². The fraction of sp³-hybridized carbons (Fsp3) is 0.375. The van der Waals surface area contributed by atoms with E-state index in [0.29, 0.717) is 50.2 Å². The lowest BCUT2D eigenvalue weighted by Gasteiger charge is -2.25. The third kappa shape index (κ3) is 6.75. The number of likely N-dealkylation sites (tertiary alicyclic amines) is 2. The third-order valence-corrected chi connectivity index (χ3v) is 7.80. The van der Waals surface area contributed by atoms with E-state index in [0.717, 1.165) is 24.0 Å². The zero-order valence-electron chi connectivity index (χ0n) is 23.9. The van der Waals surface area contributed by atoms with Gasteiger partial charge in [0.2, 0.25) is 11.8 Å². The number of amidine groups is 1. The van der Waals surface area contributed by atoms with Crippen molar-refractivity contribution in [1.82, 2.24) is 9.80 Å². The monoisotopic (exact) mass is 583 g/mol. The molecular weight excluding hydrogens is 550 g/mol. The molecule has 1 aromatic heterocycles. The number of anilines is 1. The number of carboxylic acids is 1. The van der Waals surface area contributed by atoms with Crippen molar-refractivity contribution in [3.8, 4) is 6.07 Å². The topological polar surface area (TPSA) is 156 Å². The zero-order chi connectivity index (χ0) is 30.5. The normalized spacial score (nSPS) is 18.3. The molecule has 0 aliphatic carbocycles. The van der Waals surface area contributed by atoms with E-state index in [1.807, 2.05) is 19.1 Å². The van der Waals surface area contributed by atoms with E-state index >= 15 is 0 Å². The first kappa shape index (κ1) is 29.5. The molecule has 0 saturated carbocycles. The Bertz CT molecular complexity index is 1630. The Labute approximate surface area is 248 Å². The van der Waals surface area contributed by atoms with Crippen LogP contribution in [0.15, 0.2) is 57.9 Å². The molecule has 2 aromatic carbocycles. The average Bonchev–Trinajstić information content (AvgIpc) is 3.63. The largest absolute Gasteiger partial charge is 0.478 e. The Morgan fingerprint density at radius 3 is 2.56 bits per heavy atom. The zero-order valence-corrected chi connectivity index (χ0v) is 23.9. The van der Waals surface area contributed by atoms with E-state index in [-0.39, 0.29) is 35.3 Å². The second kappa shape index (κ2) is 12.9. The number of nitriles is 1. The molecule has 222 valence electrons. The number of Topliss-reactive ketones (excluding diaryl/α,β-unsaturated/α-hetero) is 1. The van der Waals surface area contributed by atoms with E-state index in [9.17, 15) is 29.5 Å². The molecule has 0 bridgehead atoms. The van der Waals surface area contributed by atoms with E-state index < -0.39 is 23.7 Å². The second-order valence-electron chi connectivity index (χ2n) is 10.9. The minimum Gasteiger partial charge on any atom is -0.478 e. The van der Waals surface area contributed by atoms with Crippen LogP contribution in [0.25, 0.3) is 11.0 Å². The number of hydrogen-bond acceptors (Lipinski definition) is 7. The van der Waals surface area contributed by atoms with Gasteiger partial charge < -0.3 is 24.6 Å². The van der Waals surface area contributed by atoms with Crippen molar-refractivity contribution in [2.45, 2.75) is 45.1 Å². The predicted octanol–water partition coefficient (Wildman–Crippen LogP) is 4.28. The van der Waals surface area contributed by atoms with Gasteiger partial charge in [-0.2, -0.15) is 5.26 Å². The number of aliphatic imine (C=N–C) groups is 1. The summed E-state index contributed by atoms with van der Waals surface area (Å²) in [6.07, 6.45) is 3.66. The summed E-state index contributed by atoms with van der Waals surface area (Å²) < 4.78 is 5.66. The lowest BCUT2D eigenvalue weighted by atomic mass is 9.95. The number of benzene rings is 2. The standard InChI is InChI=1S/C32H33N5O6/c1-20-15-23-17-24(10-11-27(23)43-20)34-30(25(18-33)29(39)21-7-6-8-22(16-21)32(41)42)35-26-9-2-3-14-37(31(26)40)19-28(38)36-12-4-5-13-36/h6-8,10-11,15-17,25-26H,2-5,9,12-14,19H2,1H3,(H,34,35)(H,41,42)/t25?,26-/m0/s1. The molecule has 0 spiro atoms. The van der Waals surface area contributed by atoms with Crippen LogP contribution in [0.4, 0.5) is 5.69 Å². The minimum absolute atomic E-state index is 0.0288. The van der Waals surface area contributed by atoms with Crippen LogP contribution in [-0.2, 0) is 9.59 Å². The molecule has 2 aliphatic heterocycles. The Kier molecular flexibility index (Phi) is 8.85. The van der Waals surface area contributed by atoms with Crippen molar-refractivity contribution in [3.63, 3.8) is 0 Å². The Morgan fingerprint density at radius 2 is 1.81 bits per heavy atom. The number of nitrogens with zero attached hydrogens (tertiary/aromatic N) is 4. The van der Waals surface area contributed by atoms with Crippen LogP contribution >= 0.6 is 0 Å². The van der Waals surface area contributed by atoms with Crippen LogP contribution in [0.3, 0.4) is 0 Å². The van der Waals surface area contributed by atoms with E-state index in [1.54, 1.807) is 23.1 Å². The highest BCUT2D eigenvalue weighted by molar-refractivity contribution is 6.18. The number of carbonyl (C=O) groups is 4. The Hall–Kier alpha value is -4.98. The van der Waals surface area contributed by atoms with Crippen molar-refractivity contribution in [2.24, 2.45) is 10.9 Å². The summed E-state index contributed by atoms with van der Waals surface area (Å²) in [5, 5.41) is 23.6. The van der Waals surface area contributed by atoms with Gasteiger partial charge >= 0.3 is 5.97 Å². The van der Waals surface area contributed by atoms with Gasteiger partial charge in [-0.3, -0.25) is 19.4 Å². The molecule has 3 heterocycles. The average molecular weight is 584 g/mol. The minimum atomic E-state index is -1.46. The molecule has 2 fully saturated rings. The summed E-state index contributed by atoms with van der Waals surface area (Å²) in [7, 11) is 0. The SMILES string of the molecule is Cc1cc2cc(NC(=N[C@H]3CCCCN(CC(=O)N4CCCC4)C3=O)C(C#N)C(=O)c3cccc(C(=O)O)c3)ccc2o1. The summed E-state index contributed by atoms with van der Waals surface area (Å²) in [5.74, 6) is -3.05. The lowest BCUT2D eigenvalue weighted by molar-refractivity contribution is -0.140. The molecule has 5 rings (SSSR count). The number of ketones is 1. The fourth-order valence-electron chi connectivity index (χ4n) is 5.56. The molecule has 0 radical (unpaired) electrons. The number of hydrogen-bond donors (Lipinski definition) is 2. The molecule has 2 saturated heterocycles. The highest BCUT2D eigenvalue weighted by Gasteiger charge is 2.33. The van der Waals surface area contributed by atoms with Crippen molar-refractivity contribution < 1.29 is 28.7 Å². The second-order valence-corrected chi connectivity index (χ2v) is 10.9. The Morgan fingerprint density at radius 1 is 1.07 bits per heavy atom. The van der Waals surface area contributed by atoms with Gasteiger partial charge in [-0.05, 0) is 75.4 Å². The van der Waals surface area contributed by atoms with Gasteiger partial charge in [0, 0.05) is 36.3 Å². The number of furan rings is 1. The highest BCUT2D eigenvalue weighted by atomic mass is 16.4. The first-order chi connectivity index (χ1) is 20.7. The quantitative estimate of drug-likeness (QED) is 0.226. The van der Waals surface area contributed by atoms with E-state index in [1.165, 1.54) is 29.2 Å². The van der Waals surface area contributed by atoms with Gasteiger partial charge in [-0.1, -0.05) is 12.1 Å². The van der Waals surface area contributed by atoms with Gasteiger partial charge in [0.1, 0.15) is 23.2 Å². The van der Waals surface area contributed by atoms with Crippen molar-refractivity contribution in [1.29, 1.82) is 5.26 Å². The third-order valence-electron chi connectivity index (χ3n) is 7.80. The first-order valence-corrected chi connectivity index (χ1v) is 14.4. The molecular formula is C32H33N5O6. The number of amides is 2. The fourth-order valence-corrected chi connectivity index (χ4v) is 5.56. The van der Waals surface area contributed by atoms with Crippen molar-refractivity contribution >= 4 is 46.1 Å². The number of carbonyl (C=O) groups excluding carboxylic acids is 3. The number of rotatable bonds is 8. The number of carboxylic acid groups (broad SMARTS) is 1. The first-order valence-electron chi connectivity index (χ1n) is 14.4. The molecule has 11 heteroatoms. The number of fused-ring (bicyclic) bond motifs is 1. The molecule has 1 unspecified atom stereocenters.